The van der Waals surface area contributed by atoms with E-state index in [1.54, 1.807) is 0 Å². The molecule has 0 spiro atoms. The van der Waals surface area contributed by atoms with Gasteiger partial charge in [-0.3, -0.25) is 0 Å². The van der Waals surface area contributed by atoms with Crippen molar-refractivity contribution in [3.8, 4) is 0 Å². The van der Waals surface area contributed by atoms with Crippen LogP contribution in [0.2, 0.25) is 0 Å². The fourth-order valence-corrected chi connectivity index (χ4v) is 3.51. The molecule has 0 radical (unpaired) electrons. The van der Waals surface area contributed by atoms with Gasteiger partial charge in [0, 0.05) is 12.1 Å². The Morgan fingerprint density at radius 1 is 1.00 bits per heavy atom. The number of hydrogen-bond donors (Lipinski definition) is 1. The van der Waals surface area contributed by atoms with Crippen LogP contribution in [0.3, 0.4) is 0 Å². The first-order valence-corrected chi connectivity index (χ1v) is 7.22. The third-order valence-electron chi connectivity index (χ3n) is 4.85. The molecule has 1 aliphatic heterocycles. The maximum absolute atomic E-state index is 3.42. The minimum Gasteiger partial charge on any atom is -0.317 e. The molecule has 1 heterocycles. The largest absolute Gasteiger partial charge is 0.317 e. The van der Waals surface area contributed by atoms with E-state index in [2.05, 4.69) is 24.2 Å². The van der Waals surface area contributed by atoms with Crippen LogP contribution in [-0.4, -0.2) is 37.1 Å². The number of nitrogens with zero attached hydrogens (tertiary/aromatic N) is 1. The molecule has 2 fully saturated rings. The fourth-order valence-electron chi connectivity index (χ4n) is 3.51. The van der Waals surface area contributed by atoms with E-state index in [9.17, 15) is 0 Å². The molecule has 2 aliphatic rings. The molecule has 1 unspecified atom stereocenters. The number of piperidine rings is 1. The van der Waals surface area contributed by atoms with Gasteiger partial charge in [0.15, 0.2) is 0 Å². The van der Waals surface area contributed by atoms with Crippen molar-refractivity contribution in [3.63, 3.8) is 0 Å². The number of rotatable bonds is 3. The molecule has 0 aromatic heterocycles. The molecule has 0 amide bonds. The van der Waals surface area contributed by atoms with Crippen molar-refractivity contribution in [2.45, 2.75) is 64.0 Å². The van der Waals surface area contributed by atoms with E-state index < -0.39 is 0 Å². The van der Waals surface area contributed by atoms with Crippen LogP contribution in [0.1, 0.15) is 51.9 Å². The van der Waals surface area contributed by atoms with Crippen molar-refractivity contribution in [2.24, 2.45) is 5.92 Å². The van der Waals surface area contributed by atoms with Gasteiger partial charge in [0.25, 0.3) is 0 Å². The van der Waals surface area contributed by atoms with Gasteiger partial charge in [-0.05, 0) is 58.7 Å². The highest BCUT2D eigenvalue weighted by Gasteiger charge is 2.27. The zero-order chi connectivity index (χ0) is 11.4. The topological polar surface area (TPSA) is 15.3 Å². The average molecular weight is 224 g/mol. The monoisotopic (exact) mass is 224 g/mol. The van der Waals surface area contributed by atoms with Crippen molar-refractivity contribution in [1.82, 2.24) is 10.2 Å². The minimum absolute atomic E-state index is 0.773. The van der Waals surface area contributed by atoms with Gasteiger partial charge in [-0.2, -0.15) is 0 Å². The summed E-state index contributed by atoms with van der Waals surface area (Å²) < 4.78 is 0. The molecule has 2 nitrogen and oxygen atoms in total. The number of nitrogens with one attached hydrogen (secondary N) is 1. The number of likely N-dealkylation sites (tertiary alicyclic amines) is 1. The lowest BCUT2D eigenvalue weighted by Gasteiger charge is -2.40. The Hall–Kier alpha value is -0.0800. The summed E-state index contributed by atoms with van der Waals surface area (Å²) in [5.74, 6) is 0.986. The Morgan fingerprint density at radius 2 is 1.62 bits per heavy atom. The van der Waals surface area contributed by atoms with Gasteiger partial charge in [0.2, 0.25) is 0 Å². The summed E-state index contributed by atoms with van der Waals surface area (Å²) in [4.78, 5) is 2.74. The predicted molar refractivity (Wildman–Crippen MR) is 69.7 cm³/mol. The van der Waals surface area contributed by atoms with Crippen molar-refractivity contribution in [2.75, 3.05) is 20.1 Å². The van der Waals surface area contributed by atoms with E-state index in [0.29, 0.717) is 0 Å². The Kier molecular flexibility index (Phi) is 4.66. The molecule has 0 bridgehead atoms. The zero-order valence-corrected chi connectivity index (χ0v) is 11.0. The van der Waals surface area contributed by atoms with Gasteiger partial charge in [0.05, 0.1) is 0 Å². The van der Waals surface area contributed by atoms with Crippen LogP contribution < -0.4 is 5.32 Å². The molecule has 16 heavy (non-hydrogen) atoms. The van der Waals surface area contributed by atoms with Gasteiger partial charge in [-0.15, -0.1) is 0 Å². The SMILES string of the molecule is CNC1CCN(C(C)C2CCCCC2)CC1. The van der Waals surface area contributed by atoms with Gasteiger partial charge >= 0.3 is 0 Å². The molecule has 2 heteroatoms. The van der Waals surface area contributed by atoms with Gasteiger partial charge in [0.1, 0.15) is 0 Å². The molecule has 2 rings (SSSR count). The number of hydrogen-bond acceptors (Lipinski definition) is 2. The Morgan fingerprint density at radius 3 is 2.19 bits per heavy atom. The van der Waals surface area contributed by atoms with Crippen LogP contribution >= 0.6 is 0 Å². The van der Waals surface area contributed by atoms with Crippen LogP contribution in [0.4, 0.5) is 0 Å². The molecule has 1 aliphatic carbocycles. The van der Waals surface area contributed by atoms with Crippen molar-refractivity contribution in [3.05, 3.63) is 0 Å². The maximum atomic E-state index is 3.42. The summed E-state index contributed by atoms with van der Waals surface area (Å²) in [5.41, 5.74) is 0. The first-order valence-electron chi connectivity index (χ1n) is 7.22. The van der Waals surface area contributed by atoms with Crippen LogP contribution in [0.25, 0.3) is 0 Å². The van der Waals surface area contributed by atoms with E-state index >= 15 is 0 Å². The molecule has 1 atom stereocenters. The zero-order valence-electron chi connectivity index (χ0n) is 11.0. The Bertz CT molecular complexity index is 191. The second-order valence-electron chi connectivity index (χ2n) is 5.74. The lowest BCUT2D eigenvalue weighted by molar-refractivity contribution is 0.0982. The second kappa shape index (κ2) is 6.02. The van der Waals surface area contributed by atoms with Gasteiger partial charge in [-0.25, -0.2) is 0 Å². The highest BCUT2D eigenvalue weighted by Crippen LogP contribution is 2.30. The molecule has 1 saturated heterocycles. The molecule has 1 saturated carbocycles. The van der Waals surface area contributed by atoms with Crippen LogP contribution in [0, 0.1) is 5.92 Å². The molecular weight excluding hydrogens is 196 g/mol. The summed E-state index contributed by atoms with van der Waals surface area (Å²) >= 11 is 0. The highest BCUT2D eigenvalue weighted by atomic mass is 15.2. The molecule has 0 aromatic carbocycles. The van der Waals surface area contributed by atoms with Crippen LogP contribution in [0.15, 0.2) is 0 Å². The Labute approximate surface area is 101 Å². The van der Waals surface area contributed by atoms with E-state index in [1.165, 1.54) is 58.0 Å². The third kappa shape index (κ3) is 2.98. The first kappa shape index (κ1) is 12.4. The summed E-state index contributed by atoms with van der Waals surface area (Å²) in [6.07, 6.45) is 10.1. The fraction of sp³-hybridized carbons (Fsp3) is 1.00. The molecule has 0 aromatic rings. The standard InChI is InChI=1S/C14H28N2/c1-12(13-6-4-3-5-7-13)16-10-8-14(15-2)9-11-16/h12-15H,3-11H2,1-2H3. The van der Waals surface area contributed by atoms with Crippen molar-refractivity contribution >= 4 is 0 Å². The lowest BCUT2D eigenvalue weighted by atomic mass is 9.83. The second-order valence-corrected chi connectivity index (χ2v) is 5.74. The first-order chi connectivity index (χ1) is 7.81. The van der Waals surface area contributed by atoms with E-state index in [-0.39, 0.29) is 0 Å². The maximum Gasteiger partial charge on any atom is 0.00952 e. The van der Waals surface area contributed by atoms with Crippen molar-refractivity contribution < 1.29 is 0 Å². The third-order valence-corrected chi connectivity index (χ3v) is 4.85. The highest BCUT2D eigenvalue weighted by molar-refractivity contribution is 4.83. The molecule has 94 valence electrons. The van der Waals surface area contributed by atoms with Crippen molar-refractivity contribution in [1.29, 1.82) is 0 Å². The van der Waals surface area contributed by atoms with Gasteiger partial charge < -0.3 is 10.2 Å². The predicted octanol–water partition coefficient (Wildman–Crippen LogP) is 2.64. The normalized spacial score (nSPS) is 28.1. The summed E-state index contributed by atoms with van der Waals surface area (Å²) in [5, 5.41) is 3.42. The van der Waals surface area contributed by atoms with E-state index in [4.69, 9.17) is 0 Å². The Balaban J connectivity index is 1.78. The molecular formula is C14H28N2. The summed E-state index contributed by atoms with van der Waals surface area (Å²) in [7, 11) is 2.10. The van der Waals surface area contributed by atoms with Crippen LogP contribution in [0.5, 0.6) is 0 Å². The summed E-state index contributed by atoms with van der Waals surface area (Å²) in [6.45, 7) is 5.09. The van der Waals surface area contributed by atoms with Crippen LogP contribution in [-0.2, 0) is 0 Å². The van der Waals surface area contributed by atoms with Gasteiger partial charge in [-0.1, -0.05) is 19.3 Å². The van der Waals surface area contributed by atoms with E-state index in [1.807, 2.05) is 0 Å². The lowest BCUT2D eigenvalue weighted by Crippen LogP contribution is -2.47. The molecule has 1 N–H and O–H groups in total. The quantitative estimate of drug-likeness (QED) is 0.793. The smallest absolute Gasteiger partial charge is 0.00952 e. The summed E-state index contributed by atoms with van der Waals surface area (Å²) in [6, 6.07) is 1.60. The average Bonchev–Trinajstić information content (AvgIpc) is 2.39. The minimum atomic E-state index is 0.773. The van der Waals surface area contributed by atoms with E-state index in [0.717, 1.165) is 18.0 Å².